The second-order valence-corrected chi connectivity index (χ2v) is 5.59. The first-order valence-electron chi connectivity index (χ1n) is 7.53. The van der Waals surface area contributed by atoms with Gasteiger partial charge in [0, 0.05) is 38.9 Å². The highest BCUT2D eigenvalue weighted by Gasteiger charge is 2.17. The molecule has 1 aromatic rings. The number of piperazine rings is 1. The Labute approximate surface area is 130 Å². The number of rotatable bonds is 6. The summed E-state index contributed by atoms with van der Waals surface area (Å²) < 4.78 is 6.92. The number of nitrogens with zero attached hydrogens (tertiary/aromatic N) is 3. The van der Waals surface area contributed by atoms with E-state index < -0.39 is 0 Å². The molecule has 0 atom stereocenters. The minimum atomic E-state index is -0.259. The Morgan fingerprint density at radius 3 is 2.77 bits per heavy atom. The van der Waals surface area contributed by atoms with E-state index in [9.17, 15) is 9.59 Å². The summed E-state index contributed by atoms with van der Waals surface area (Å²) in [4.78, 5) is 28.3. The summed E-state index contributed by atoms with van der Waals surface area (Å²) in [5.41, 5.74) is -0.259. The Bertz CT molecular complexity index is 550. The number of carbonyl (C=O) groups excluding carboxylic acids is 1. The molecule has 0 bridgehead atoms. The van der Waals surface area contributed by atoms with Gasteiger partial charge in [-0.25, -0.2) is 0 Å². The quantitative estimate of drug-likeness (QED) is 0.747. The van der Waals surface area contributed by atoms with E-state index in [2.05, 4.69) is 5.32 Å². The first-order valence-corrected chi connectivity index (χ1v) is 7.53. The largest absolute Gasteiger partial charge is 0.487 e. The molecular formula is C15H24N4O3. The number of ether oxygens (including phenoxy) is 1. The Morgan fingerprint density at radius 2 is 2.09 bits per heavy atom. The maximum atomic E-state index is 12.3. The fourth-order valence-electron chi connectivity index (χ4n) is 2.25. The summed E-state index contributed by atoms with van der Waals surface area (Å²) in [6, 6.07) is 3.38. The lowest BCUT2D eigenvalue weighted by Gasteiger charge is -2.27. The molecule has 1 amide bonds. The highest BCUT2D eigenvalue weighted by molar-refractivity contribution is 5.76. The van der Waals surface area contributed by atoms with Crippen LogP contribution in [0.3, 0.4) is 0 Å². The highest BCUT2D eigenvalue weighted by Crippen LogP contribution is 2.03. The average Bonchev–Trinajstić information content (AvgIpc) is 2.51. The van der Waals surface area contributed by atoms with E-state index in [1.54, 1.807) is 23.2 Å². The van der Waals surface area contributed by atoms with Crippen LogP contribution in [0.25, 0.3) is 0 Å². The van der Waals surface area contributed by atoms with Gasteiger partial charge < -0.3 is 24.4 Å². The van der Waals surface area contributed by atoms with E-state index in [0.717, 1.165) is 19.6 Å². The van der Waals surface area contributed by atoms with Crippen LogP contribution in [0.15, 0.2) is 23.1 Å². The number of nitrogens with one attached hydrogen (secondary N) is 1. The Hall–Kier alpha value is -1.86. The lowest BCUT2D eigenvalue weighted by Crippen LogP contribution is -2.48. The van der Waals surface area contributed by atoms with Gasteiger partial charge in [-0.05, 0) is 26.2 Å². The van der Waals surface area contributed by atoms with Crippen LogP contribution in [-0.2, 0) is 11.3 Å². The molecule has 0 aliphatic carbocycles. The Kier molecular flexibility index (Phi) is 5.97. The van der Waals surface area contributed by atoms with Gasteiger partial charge in [-0.1, -0.05) is 0 Å². The number of hydrogen-bond acceptors (Lipinski definition) is 5. The molecule has 1 fully saturated rings. The monoisotopic (exact) mass is 308 g/mol. The third-order valence-electron chi connectivity index (χ3n) is 3.56. The number of pyridine rings is 1. The standard InChI is InChI=1S/C15H24N4O3/c1-17(2)10-11-22-13-4-3-7-19(15(13)21)12-14(20)18-8-5-16-6-9-18/h3-4,7,16H,5-6,8-12H2,1-2H3. The van der Waals surface area contributed by atoms with Gasteiger partial charge in [-0.3, -0.25) is 9.59 Å². The Morgan fingerprint density at radius 1 is 1.36 bits per heavy atom. The van der Waals surface area contributed by atoms with Gasteiger partial charge in [0.25, 0.3) is 5.56 Å². The first kappa shape index (κ1) is 16.5. The van der Waals surface area contributed by atoms with E-state index in [1.165, 1.54) is 4.57 Å². The minimum Gasteiger partial charge on any atom is -0.487 e. The molecule has 1 aliphatic heterocycles. The molecule has 2 rings (SSSR count). The minimum absolute atomic E-state index is 0.0333. The number of aromatic nitrogens is 1. The Balaban J connectivity index is 1.98. The predicted octanol–water partition coefficient (Wildman–Crippen LogP) is -0.779. The van der Waals surface area contributed by atoms with Gasteiger partial charge in [0.2, 0.25) is 5.91 Å². The highest BCUT2D eigenvalue weighted by atomic mass is 16.5. The summed E-state index contributed by atoms with van der Waals surface area (Å²) in [6.45, 7) is 4.21. The fourth-order valence-corrected chi connectivity index (χ4v) is 2.25. The van der Waals surface area contributed by atoms with Gasteiger partial charge in [-0.15, -0.1) is 0 Å². The predicted molar refractivity (Wildman–Crippen MR) is 84.2 cm³/mol. The van der Waals surface area contributed by atoms with Crippen LogP contribution < -0.4 is 15.6 Å². The summed E-state index contributed by atoms with van der Waals surface area (Å²) >= 11 is 0. The van der Waals surface area contributed by atoms with Crippen molar-refractivity contribution >= 4 is 5.91 Å². The van der Waals surface area contributed by atoms with Gasteiger partial charge in [0.15, 0.2) is 5.75 Å². The molecule has 7 nitrogen and oxygen atoms in total. The van der Waals surface area contributed by atoms with Crippen molar-refractivity contribution in [2.24, 2.45) is 0 Å². The molecule has 7 heteroatoms. The van der Waals surface area contributed by atoms with Gasteiger partial charge >= 0.3 is 0 Å². The third kappa shape index (κ3) is 4.57. The molecule has 0 radical (unpaired) electrons. The van der Waals surface area contributed by atoms with Crippen LogP contribution >= 0.6 is 0 Å². The second-order valence-electron chi connectivity index (χ2n) is 5.59. The van der Waals surface area contributed by atoms with Crippen molar-refractivity contribution in [2.75, 3.05) is 53.4 Å². The van der Waals surface area contributed by atoms with Gasteiger partial charge in [0.05, 0.1) is 0 Å². The van der Waals surface area contributed by atoms with E-state index in [4.69, 9.17) is 4.74 Å². The number of amides is 1. The summed E-state index contributed by atoms with van der Waals surface area (Å²) in [5.74, 6) is 0.256. The maximum Gasteiger partial charge on any atom is 0.293 e. The summed E-state index contributed by atoms with van der Waals surface area (Å²) in [6.07, 6.45) is 1.63. The van der Waals surface area contributed by atoms with Gasteiger partial charge in [0.1, 0.15) is 13.2 Å². The first-order chi connectivity index (χ1) is 10.6. The number of hydrogen-bond donors (Lipinski definition) is 1. The number of likely N-dealkylation sites (N-methyl/N-ethyl adjacent to an activating group) is 1. The number of carbonyl (C=O) groups is 1. The van der Waals surface area contributed by atoms with Crippen LogP contribution in [0, 0.1) is 0 Å². The zero-order valence-electron chi connectivity index (χ0n) is 13.2. The van der Waals surface area contributed by atoms with Crippen LogP contribution in [-0.4, -0.2) is 73.7 Å². The molecule has 0 aromatic carbocycles. The van der Waals surface area contributed by atoms with Crippen molar-refractivity contribution in [2.45, 2.75) is 6.54 Å². The molecule has 1 aliphatic rings. The fraction of sp³-hybridized carbons (Fsp3) is 0.600. The van der Waals surface area contributed by atoms with Crippen LogP contribution in [0.4, 0.5) is 0 Å². The zero-order valence-corrected chi connectivity index (χ0v) is 13.2. The summed E-state index contributed by atoms with van der Waals surface area (Å²) in [5, 5.41) is 3.20. The van der Waals surface area contributed by atoms with Crippen molar-refractivity contribution in [1.29, 1.82) is 0 Å². The molecule has 2 heterocycles. The lowest BCUT2D eigenvalue weighted by molar-refractivity contribution is -0.132. The second kappa shape index (κ2) is 7.95. The van der Waals surface area contributed by atoms with E-state index in [0.29, 0.717) is 19.7 Å². The zero-order chi connectivity index (χ0) is 15.9. The lowest BCUT2D eigenvalue weighted by atomic mass is 10.3. The molecule has 0 spiro atoms. The SMILES string of the molecule is CN(C)CCOc1cccn(CC(=O)N2CCNCC2)c1=O. The molecule has 1 saturated heterocycles. The molecule has 1 aromatic heterocycles. The van der Waals surface area contributed by atoms with Crippen molar-refractivity contribution in [3.05, 3.63) is 28.7 Å². The van der Waals surface area contributed by atoms with E-state index in [-0.39, 0.29) is 23.8 Å². The average molecular weight is 308 g/mol. The van der Waals surface area contributed by atoms with Crippen molar-refractivity contribution in [3.63, 3.8) is 0 Å². The molecule has 22 heavy (non-hydrogen) atoms. The molecular weight excluding hydrogens is 284 g/mol. The molecule has 1 N–H and O–H groups in total. The molecule has 0 saturated carbocycles. The maximum absolute atomic E-state index is 12.3. The van der Waals surface area contributed by atoms with Crippen molar-refractivity contribution < 1.29 is 9.53 Å². The topological polar surface area (TPSA) is 66.8 Å². The molecule has 0 unspecified atom stereocenters. The van der Waals surface area contributed by atoms with Crippen molar-refractivity contribution in [3.8, 4) is 5.75 Å². The summed E-state index contributed by atoms with van der Waals surface area (Å²) in [7, 11) is 3.89. The van der Waals surface area contributed by atoms with E-state index >= 15 is 0 Å². The van der Waals surface area contributed by atoms with Crippen LogP contribution in [0.1, 0.15) is 0 Å². The van der Waals surface area contributed by atoms with Crippen LogP contribution in [0.5, 0.6) is 5.75 Å². The van der Waals surface area contributed by atoms with Crippen molar-refractivity contribution in [1.82, 2.24) is 19.7 Å². The van der Waals surface area contributed by atoms with Crippen LogP contribution in [0.2, 0.25) is 0 Å². The normalized spacial score (nSPS) is 15.1. The molecule has 122 valence electrons. The third-order valence-corrected chi connectivity index (χ3v) is 3.56. The van der Waals surface area contributed by atoms with E-state index in [1.807, 2.05) is 19.0 Å². The smallest absolute Gasteiger partial charge is 0.293 e. The van der Waals surface area contributed by atoms with Gasteiger partial charge in [-0.2, -0.15) is 0 Å².